The van der Waals surface area contributed by atoms with Crippen molar-refractivity contribution in [1.82, 2.24) is 9.80 Å². The Morgan fingerprint density at radius 2 is 2.04 bits per heavy atom. The molecule has 1 atom stereocenters. The van der Waals surface area contributed by atoms with Crippen LogP contribution >= 0.6 is 11.8 Å². The normalized spacial score (nSPS) is 18.1. The molecule has 1 fully saturated rings. The highest BCUT2D eigenvalue weighted by molar-refractivity contribution is 7.99. The van der Waals surface area contributed by atoms with Gasteiger partial charge in [0, 0.05) is 30.3 Å². The molecule has 1 aromatic carbocycles. The Labute approximate surface area is 154 Å². The molecule has 2 N–H and O–H groups in total. The van der Waals surface area contributed by atoms with E-state index in [1.807, 2.05) is 16.7 Å². The van der Waals surface area contributed by atoms with Gasteiger partial charge < -0.3 is 10.6 Å². The lowest BCUT2D eigenvalue weighted by molar-refractivity contribution is -0.137. The molecular formula is C19H29N3O2S. The first-order valence-corrected chi connectivity index (χ1v) is 9.97. The van der Waals surface area contributed by atoms with E-state index in [4.69, 9.17) is 5.73 Å². The lowest BCUT2D eigenvalue weighted by atomic mass is 9.96. The van der Waals surface area contributed by atoms with Crippen LogP contribution in [0.4, 0.5) is 0 Å². The van der Waals surface area contributed by atoms with Crippen LogP contribution in [0.1, 0.15) is 25.3 Å². The van der Waals surface area contributed by atoms with E-state index in [1.165, 1.54) is 10.5 Å². The number of thioether (sulfide) groups is 1. The number of rotatable bonds is 8. The molecule has 0 aliphatic carbocycles. The van der Waals surface area contributed by atoms with Crippen molar-refractivity contribution in [2.45, 2.75) is 31.6 Å². The van der Waals surface area contributed by atoms with Crippen molar-refractivity contribution in [2.24, 2.45) is 11.7 Å². The molecule has 2 amide bonds. The van der Waals surface area contributed by atoms with Gasteiger partial charge in [-0.05, 0) is 45.4 Å². The number of aryl methyl sites for hydroxylation is 1. The molecule has 138 valence electrons. The standard InChI is InChI=1S/C19H29N3O2S/c1-3-22(11-12-25-17-8-6-15(2)7-9-17)19(24)16-5-4-10-21(13-16)14-18(20)23/h6-9,16H,3-5,10-14H2,1-2H3,(H2,20,23)/t16-/m0/s1. The van der Waals surface area contributed by atoms with Gasteiger partial charge in [0.25, 0.3) is 0 Å². The molecule has 5 nitrogen and oxygen atoms in total. The van der Waals surface area contributed by atoms with Crippen LogP contribution in [0.2, 0.25) is 0 Å². The Morgan fingerprint density at radius 3 is 2.68 bits per heavy atom. The van der Waals surface area contributed by atoms with Crippen LogP contribution in [0.15, 0.2) is 29.2 Å². The Hall–Kier alpha value is -1.53. The third-order valence-electron chi connectivity index (χ3n) is 4.58. The maximum Gasteiger partial charge on any atom is 0.231 e. The van der Waals surface area contributed by atoms with Crippen LogP contribution in [0.5, 0.6) is 0 Å². The van der Waals surface area contributed by atoms with Crippen LogP contribution in [0.3, 0.4) is 0 Å². The van der Waals surface area contributed by atoms with Crippen molar-refractivity contribution in [3.8, 4) is 0 Å². The van der Waals surface area contributed by atoms with E-state index < -0.39 is 0 Å². The highest BCUT2D eigenvalue weighted by Crippen LogP contribution is 2.21. The molecule has 2 rings (SSSR count). The predicted octanol–water partition coefficient (Wildman–Crippen LogP) is 2.13. The number of piperidine rings is 1. The number of carbonyl (C=O) groups is 2. The molecule has 1 aliphatic heterocycles. The van der Waals surface area contributed by atoms with Crippen molar-refractivity contribution in [2.75, 3.05) is 38.5 Å². The lowest BCUT2D eigenvalue weighted by Gasteiger charge is -2.34. The van der Waals surface area contributed by atoms with E-state index in [9.17, 15) is 9.59 Å². The van der Waals surface area contributed by atoms with Gasteiger partial charge >= 0.3 is 0 Å². The maximum absolute atomic E-state index is 12.8. The average molecular weight is 364 g/mol. The van der Waals surface area contributed by atoms with E-state index in [0.29, 0.717) is 6.54 Å². The molecule has 0 spiro atoms. The second-order valence-electron chi connectivity index (χ2n) is 6.62. The number of hydrogen-bond acceptors (Lipinski definition) is 4. The van der Waals surface area contributed by atoms with Gasteiger partial charge in [-0.25, -0.2) is 0 Å². The quantitative estimate of drug-likeness (QED) is 0.719. The Bertz CT molecular complexity index is 577. The van der Waals surface area contributed by atoms with Crippen LogP contribution in [0, 0.1) is 12.8 Å². The summed E-state index contributed by atoms with van der Waals surface area (Å²) >= 11 is 1.78. The molecular weight excluding hydrogens is 334 g/mol. The van der Waals surface area contributed by atoms with Gasteiger partial charge in [-0.15, -0.1) is 11.8 Å². The molecule has 1 saturated heterocycles. The third kappa shape index (κ3) is 6.36. The van der Waals surface area contributed by atoms with Gasteiger partial charge in [0.05, 0.1) is 12.5 Å². The highest BCUT2D eigenvalue weighted by Gasteiger charge is 2.29. The number of nitrogens with zero attached hydrogens (tertiary/aromatic N) is 2. The fraction of sp³-hybridized carbons (Fsp3) is 0.579. The van der Waals surface area contributed by atoms with Crippen molar-refractivity contribution in [3.63, 3.8) is 0 Å². The van der Waals surface area contributed by atoms with Crippen molar-refractivity contribution in [3.05, 3.63) is 29.8 Å². The number of nitrogens with two attached hydrogens (primary N) is 1. The number of carbonyl (C=O) groups excluding carboxylic acids is 2. The molecule has 0 unspecified atom stereocenters. The first kappa shape index (κ1) is 19.8. The fourth-order valence-electron chi connectivity index (χ4n) is 3.21. The van der Waals surface area contributed by atoms with Crippen molar-refractivity contribution >= 4 is 23.6 Å². The predicted molar refractivity (Wildman–Crippen MR) is 103 cm³/mol. The minimum atomic E-state index is -0.324. The zero-order valence-electron chi connectivity index (χ0n) is 15.2. The summed E-state index contributed by atoms with van der Waals surface area (Å²) in [6.45, 7) is 7.32. The van der Waals surface area contributed by atoms with E-state index in [-0.39, 0.29) is 24.3 Å². The largest absolute Gasteiger partial charge is 0.369 e. The minimum Gasteiger partial charge on any atom is -0.369 e. The summed E-state index contributed by atoms with van der Waals surface area (Å²) < 4.78 is 0. The summed E-state index contributed by atoms with van der Waals surface area (Å²) in [5, 5.41) is 0. The average Bonchev–Trinajstić information content (AvgIpc) is 2.59. The summed E-state index contributed by atoms with van der Waals surface area (Å²) in [5.74, 6) is 0.758. The zero-order valence-corrected chi connectivity index (χ0v) is 16.1. The molecule has 1 aliphatic rings. The number of amides is 2. The monoisotopic (exact) mass is 363 g/mol. The topological polar surface area (TPSA) is 66.6 Å². The van der Waals surface area contributed by atoms with Crippen LogP contribution in [-0.2, 0) is 9.59 Å². The summed E-state index contributed by atoms with van der Waals surface area (Å²) in [5.41, 5.74) is 6.54. The second-order valence-corrected chi connectivity index (χ2v) is 7.79. The Morgan fingerprint density at radius 1 is 1.32 bits per heavy atom. The van der Waals surface area contributed by atoms with Crippen molar-refractivity contribution < 1.29 is 9.59 Å². The van der Waals surface area contributed by atoms with E-state index >= 15 is 0 Å². The lowest BCUT2D eigenvalue weighted by Crippen LogP contribution is -2.47. The van der Waals surface area contributed by atoms with E-state index in [2.05, 4.69) is 31.2 Å². The summed E-state index contributed by atoms with van der Waals surface area (Å²) in [6.07, 6.45) is 1.84. The molecule has 6 heteroatoms. The fourth-order valence-corrected chi connectivity index (χ4v) is 4.09. The Kier molecular flexibility index (Phi) is 7.78. The summed E-state index contributed by atoms with van der Waals surface area (Å²) in [4.78, 5) is 29.1. The van der Waals surface area contributed by atoms with Gasteiger partial charge in [0.2, 0.25) is 11.8 Å². The van der Waals surface area contributed by atoms with Gasteiger partial charge in [0.15, 0.2) is 0 Å². The molecule has 0 aromatic heterocycles. The number of benzene rings is 1. The van der Waals surface area contributed by atoms with Crippen LogP contribution < -0.4 is 5.73 Å². The minimum absolute atomic E-state index is 0.0163. The third-order valence-corrected chi connectivity index (χ3v) is 5.57. The Balaban J connectivity index is 1.83. The number of hydrogen-bond donors (Lipinski definition) is 1. The highest BCUT2D eigenvalue weighted by atomic mass is 32.2. The second kappa shape index (κ2) is 9.82. The number of primary amides is 1. The summed E-state index contributed by atoms with van der Waals surface area (Å²) in [6, 6.07) is 8.47. The molecule has 25 heavy (non-hydrogen) atoms. The maximum atomic E-state index is 12.8. The summed E-state index contributed by atoms with van der Waals surface area (Å²) in [7, 11) is 0. The van der Waals surface area contributed by atoms with Crippen LogP contribution in [0.25, 0.3) is 0 Å². The van der Waals surface area contributed by atoms with Crippen LogP contribution in [-0.4, -0.2) is 60.1 Å². The number of likely N-dealkylation sites (tertiary alicyclic amines) is 1. The van der Waals surface area contributed by atoms with E-state index in [0.717, 1.165) is 38.2 Å². The van der Waals surface area contributed by atoms with Gasteiger partial charge in [0.1, 0.15) is 0 Å². The molecule has 0 radical (unpaired) electrons. The van der Waals surface area contributed by atoms with Gasteiger partial charge in [-0.3, -0.25) is 14.5 Å². The smallest absolute Gasteiger partial charge is 0.231 e. The first-order valence-electron chi connectivity index (χ1n) is 8.98. The van der Waals surface area contributed by atoms with Gasteiger partial charge in [-0.2, -0.15) is 0 Å². The zero-order chi connectivity index (χ0) is 18.2. The van der Waals surface area contributed by atoms with Crippen molar-refractivity contribution in [1.29, 1.82) is 0 Å². The van der Waals surface area contributed by atoms with Gasteiger partial charge in [-0.1, -0.05) is 17.7 Å². The molecule has 0 saturated carbocycles. The molecule has 0 bridgehead atoms. The first-order chi connectivity index (χ1) is 12.0. The molecule has 1 heterocycles. The van der Waals surface area contributed by atoms with E-state index in [1.54, 1.807) is 11.8 Å². The molecule has 1 aromatic rings. The SMILES string of the molecule is CCN(CCSc1ccc(C)cc1)C(=O)[C@H]1CCCN(CC(N)=O)C1.